The Morgan fingerprint density at radius 2 is 2.00 bits per heavy atom. The van der Waals surface area contributed by atoms with Crippen LogP contribution in [0.2, 0.25) is 0 Å². The van der Waals surface area contributed by atoms with E-state index >= 15 is 0 Å². The average Bonchev–Trinajstić information content (AvgIpc) is 2.23. The number of nitrogens with one attached hydrogen (secondary N) is 1. The number of piperidine rings is 1. The second kappa shape index (κ2) is 7.71. The molecule has 1 saturated heterocycles. The van der Waals surface area contributed by atoms with E-state index in [2.05, 4.69) is 10.3 Å². The standard InChI is InChI=1S/C11H16N2O.2ClH/c1-9-3-2-6-13-11(9)14-10-4-7-12-8-5-10;;/h2-3,6,10,12H,4-5,7-8H2,1H3;2*1H. The first kappa shape index (κ1) is 15.5. The Morgan fingerprint density at radius 3 is 2.62 bits per heavy atom. The number of nitrogens with zero attached hydrogens (tertiary/aromatic N) is 1. The van der Waals surface area contributed by atoms with Crippen LogP contribution >= 0.6 is 24.8 Å². The molecule has 0 amide bonds. The monoisotopic (exact) mass is 264 g/mol. The Bertz CT molecular complexity index is 304. The van der Waals surface area contributed by atoms with E-state index in [0.29, 0.717) is 6.10 Å². The molecular weight excluding hydrogens is 247 g/mol. The van der Waals surface area contributed by atoms with Crippen LogP contribution in [0.3, 0.4) is 0 Å². The molecule has 0 unspecified atom stereocenters. The zero-order valence-electron chi connectivity index (χ0n) is 9.31. The number of hydrogen-bond donors (Lipinski definition) is 1. The molecule has 1 aliphatic rings. The van der Waals surface area contributed by atoms with Gasteiger partial charge in [0.25, 0.3) is 0 Å². The maximum Gasteiger partial charge on any atom is 0.216 e. The summed E-state index contributed by atoms with van der Waals surface area (Å²) in [6.07, 6.45) is 4.28. The Kier molecular flexibility index (Phi) is 7.47. The Labute approximate surface area is 109 Å². The Balaban J connectivity index is 0.00000112. The van der Waals surface area contributed by atoms with Crippen LogP contribution in [0.25, 0.3) is 0 Å². The van der Waals surface area contributed by atoms with Gasteiger partial charge in [-0.15, -0.1) is 24.8 Å². The van der Waals surface area contributed by atoms with E-state index in [1.165, 1.54) is 0 Å². The maximum atomic E-state index is 5.83. The molecule has 0 aliphatic carbocycles. The molecule has 0 saturated carbocycles. The van der Waals surface area contributed by atoms with Crippen LogP contribution in [0.15, 0.2) is 18.3 Å². The van der Waals surface area contributed by atoms with Crippen molar-refractivity contribution in [2.45, 2.75) is 25.9 Å². The molecule has 92 valence electrons. The highest BCUT2D eigenvalue weighted by Crippen LogP contribution is 2.17. The van der Waals surface area contributed by atoms with Crippen LogP contribution < -0.4 is 10.1 Å². The largest absolute Gasteiger partial charge is 0.474 e. The van der Waals surface area contributed by atoms with E-state index in [1.807, 2.05) is 19.1 Å². The van der Waals surface area contributed by atoms with E-state index in [1.54, 1.807) is 6.20 Å². The third-order valence-corrected chi connectivity index (χ3v) is 2.53. The first-order chi connectivity index (χ1) is 6.86. The summed E-state index contributed by atoms with van der Waals surface area (Å²) in [5.41, 5.74) is 1.12. The lowest BCUT2D eigenvalue weighted by Gasteiger charge is -2.23. The third-order valence-electron chi connectivity index (χ3n) is 2.53. The highest BCUT2D eigenvalue weighted by molar-refractivity contribution is 5.85. The first-order valence-corrected chi connectivity index (χ1v) is 5.15. The summed E-state index contributed by atoms with van der Waals surface area (Å²) in [6.45, 7) is 4.14. The minimum absolute atomic E-state index is 0. The summed E-state index contributed by atoms with van der Waals surface area (Å²) in [6, 6.07) is 3.97. The second-order valence-corrected chi connectivity index (χ2v) is 3.69. The van der Waals surface area contributed by atoms with Crippen LogP contribution in [-0.4, -0.2) is 24.2 Å². The van der Waals surface area contributed by atoms with Crippen LogP contribution in [0, 0.1) is 6.92 Å². The molecule has 0 spiro atoms. The van der Waals surface area contributed by atoms with Gasteiger partial charge in [-0.05, 0) is 38.9 Å². The van der Waals surface area contributed by atoms with Gasteiger partial charge in [-0.1, -0.05) is 6.07 Å². The van der Waals surface area contributed by atoms with Crippen molar-refractivity contribution in [3.05, 3.63) is 23.9 Å². The van der Waals surface area contributed by atoms with E-state index < -0.39 is 0 Å². The van der Waals surface area contributed by atoms with Gasteiger partial charge in [0.15, 0.2) is 0 Å². The summed E-state index contributed by atoms with van der Waals surface area (Å²) in [7, 11) is 0. The van der Waals surface area contributed by atoms with Crippen molar-refractivity contribution in [3.8, 4) is 5.88 Å². The molecule has 2 heterocycles. The van der Waals surface area contributed by atoms with Crippen LogP contribution in [-0.2, 0) is 0 Å². The van der Waals surface area contributed by atoms with Crippen molar-refractivity contribution in [3.63, 3.8) is 0 Å². The topological polar surface area (TPSA) is 34.1 Å². The van der Waals surface area contributed by atoms with Gasteiger partial charge < -0.3 is 10.1 Å². The van der Waals surface area contributed by atoms with Gasteiger partial charge in [-0.25, -0.2) is 4.98 Å². The fourth-order valence-electron chi connectivity index (χ4n) is 1.67. The highest BCUT2D eigenvalue weighted by Gasteiger charge is 2.15. The van der Waals surface area contributed by atoms with Crippen LogP contribution in [0.4, 0.5) is 0 Å². The molecule has 0 aromatic carbocycles. The Morgan fingerprint density at radius 1 is 1.31 bits per heavy atom. The molecule has 1 aromatic heterocycles. The molecule has 0 bridgehead atoms. The predicted octanol–water partition coefficient (Wildman–Crippen LogP) is 2.36. The summed E-state index contributed by atoms with van der Waals surface area (Å²) in [5, 5.41) is 3.31. The van der Waals surface area contributed by atoms with Gasteiger partial charge in [0.1, 0.15) is 6.10 Å². The molecule has 3 nitrogen and oxygen atoms in total. The van der Waals surface area contributed by atoms with Crippen molar-refractivity contribution >= 4 is 24.8 Å². The maximum absolute atomic E-state index is 5.83. The van der Waals surface area contributed by atoms with Gasteiger partial charge in [0.2, 0.25) is 5.88 Å². The molecule has 1 aromatic rings. The van der Waals surface area contributed by atoms with Crippen LogP contribution in [0.5, 0.6) is 5.88 Å². The predicted molar refractivity (Wildman–Crippen MR) is 70.0 cm³/mol. The third kappa shape index (κ3) is 4.16. The van der Waals surface area contributed by atoms with Crippen molar-refractivity contribution in [2.24, 2.45) is 0 Å². The molecule has 5 heteroatoms. The first-order valence-electron chi connectivity index (χ1n) is 5.15. The molecule has 0 radical (unpaired) electrons. The van der Waals surface area contributed by atoms with E-state index in [9.17, 15) is 0 Å². The number of rotatable bonds is 2. The lowest BCUT2D eigenvalue weighted by Crippen LogP contribution is -2.34. The minimum Gasteiger partial charge on any atom is -0.474 e. The fraction of sp³-hybridized carbons (Fsp3) is 0.545. The van der Waals surface area contributed by atoms with Gasteiger partial charge in [-0.3, -0.25) is 0 Å². The van der Waals surface area contributed by atoms with Crippen molar-refractivity contribution in [1.29, 1.82) is 0 Å². The average molecular weight is 265 g/mol. The Hall–Kier alpha value is -0.510. The number of hydrogen-bond acceptors (Lipinski definition) is 3. The van der Waals surface area contributed by atoms with E-state index in [4.69, 9.17) is 4.74 Å². The zero-order chi connectivity index (χ0) is 9.80. The van der Waals surface area contributed by atoms with Crippen LogP contribution in [0.1, 0.15) is 18.4 Å². The lowest BCUT2D eigenvalue weighted by molar-refractivity contribution is 0.155. The SMILES string of the molecule is Cc1cccnc1OC1CCNCC1.Cl.Cl. The number of halogens is 2. The molecule has 1 aliphatic heterocycles. The van der Waals surface area contributed by atoms with Gasteiger partial charge in [0.05, 0.1) is 0 Å². The second-order valence-electron chi connectivity index (χ2n) is 3.69. The molecule has 1 fully saturated rings. The molecule has 0 atom stereocenters. The number of aryl methyl sites for hydroxylation is 1. The zero-order valence-corrected chi connectivity index (χ0v) is 10.9. The normalized spacial score (nSPS) is 15.8. The number of pyridine rings is 1. The smallest absolute Gasteiger partial charge is 0.216 e. The molecule has 16 heavy (non-hydrogen) atoms. The van der Waals surface area contributed by atoms with Gasteiger partial charge in [-0.2, -0.15) is 0 Å². The molecule has 1 N–H and O–H groups in total. The summed E-state index contributed by atoms with van der Waals surface area (Å²) in [5.74, 6) is 0.791. The molecular formula is C11H18Cl2N2O. The van der Waals surface area contributed by atoms with Crippen molar-refractivity contribution in [1.82, 2.24) is 10.3 Å². The number of ether oxygens (including phenoxy) is 1. The highest BCUT2D eigenvalue weighted by atomic mass is 35.5. The number of aromatic nitrogens is 1. The van der Waals surface area contributed by atoms with E-state index in [0.717, 1.165) is 37.4 Å². The lowest BCUT2D eigenvalue weighted by atomic mass is 10.1. The molecule has 2 rings (SSSR count). The quantitative estimate of drug-likeness (QED) is 0.891. The van der Waals surface area contributed by atoms with Crippen molar-refractivity contribution in [2.75, 3.05) is 13.1 Å². The fourth-order valence-corrected chi connectivity index (χ4v) is 1.67. The van der Waals surface area contributed by atoms with Gasteiger partial charge in [0, 0.05) is 11.8 Å². The summed E-state index contributed by atoms with van der Waals surface area (Å²) >= 11 is 0. The summed E-state index contributed by atoms with van der Waals surface area (Å²) in [4.78, 5) is 4.23. The van der Waals surface area contributed by atoms with Gasteiger partial charge >= 0.3 is 0 Å². The minimum atomic E-state index is 0. The van der Waals surface area contributed by atoms with E-state index in [-0.39, 0.29) is 24.8 Å². The summed E-state index contributed by atoms with van der Waals surface area (Å²) < 4.78 is 5.83. The van der Waals surface area contributed by atoms with Crippen molar-refractivity contribution < 1.29 is 4.74 Å².